The van der Waals surface area contributed by atoms with Gasteiger partial charge in [-0.15, -0.1) is 0 Å². The van der Waals surface area contributed by atoms with E-state index in [4.69, 9.17) is 16.0 Å². The van der Waals surface area contributed by atoms with Crippen LogP contribution in [0.3, 0.4) is 0 Å². The fourth-order valence-electron chi connectivity index (χ4n) is 1.67. The Bertz CT molecular complexity index is 304. The summed E-state index contributed by atoms with van der Waals surface area (Å²) < 4.78 is 10.7. The van der Waals surface area contributed by atoms with Gasteiger partial charge in [-0.2, -0.15) is 0 Å². The highest BCUT2D eigenvalue weighted by atomic mass is 16.6. The summed E-state index contributed by atoms with van der Waals surface area (Å²) in [6, 6.07) is -0.0345. The third-order valence-electron chi connectivity index (χ3n) is 2.43. The van der Waals surface area contributed by atoms with Crippen molar-refractivity contribution in [2.24, 2.45) is 0 Å². The van der Waals surface area contributed by atoms with Crippen molar-refractivity contribution in [3.63, 3.8) is 0 Å². The maximum absolute atomic E-state index is 12.0. The number of carbonyl (C=O) groups is 1. The summed E-state index contributed by atoms with van der Waals surface area (Å²) in [5.41, 5.74) is -0.486. The molecule has 0 aromatic carbocycles. The summed E-state index contributed by atoms with van der Waals surface area (Å²) in [7, 11) is 0. The largest absolute Gasteiger partial charge is 0.444 e. The van der Waals surface area contributed by atoms with Gasteiger partial charge in [-0.25, -0.2) is 11.4 Å². The van der Waals surface area contributed by atoms with Crippen molar-refractivity contribution in [2.45, 2.75) is 38.8 Å². The molecule has 0 saturated carbocycles. The van der Waals surface area contributed by atoms with Gasteiger partial charge in [0.1, 0.15) is 5.60 Å². The fourth-order valence-corrected chi connectivity index (χ4v) is 1.67. The minimum Gasteiger partial charge on any atom is -0.444 e. The Labute approximate surface area is 102 Å². The van der Waals surface area contributed by atoms with Gasteiger partial charge in [-0.3, -0.25) is 0 Å². The van der Waals surface area contributed by atoms with Crippen LogP contribution < -0.4 is 0 Å². The maximum Gasteiger partial charge on any atom is 0.410 e. The molecule has 0 bridgehead atoms. The van der Waals surface area contributed by atoms with E-state index in [2.05, 4.69) is 4.85 Å². The van der Waals surface area contributed by atoms with Crippen LogP contribution in [0.25, 0.3) is 4.85 Å². The second kappa shape index (κ2) is 5.87. The van der Waals surface area contributed by atoms with E-state index < -0.39 is 5.60 Å². The van der Waals surface area contributed by atoms with Crippen LogP contribution in [-0.4, -0.2) is 48.9 Å². The van der Waals surface area contributed by atoms with E-state index in [1.54, 1.807) is 4.90 Å². The molecule has 0 aromatic rings. The SMILES string of the molecule is [C-]#[N+]CCC1COCCN1C(=O)OC(C)(C)C. The Morgan fingerprint density at radius 3 is 2.88 bits per heavy atom. The monoisotopic (exact) mass is 240 g/mol. The maximum atomic E-state index is 12.0. The summed E-state index contributed by atoms with van der Waals surface area (Å²) in [5.74, 6) is 0. The Balaban J connectivity index is 2.58. The van der Waals surface area contributed by atoms with Crippen molar-refractivity contribution in [1.82, 2.24) is 4.90 Å². The standard InChI is InChI=1S/C12H20N2O3/c1-12(2,3)17-11(15)14-7-8-16-9-10(14)5-6-13-4/h10H,5-9H2,1-3H3. The second-order valence-corrected chi connectivity index (χ2v) is 5.07. The van der Waals surface area contributed by atoms with Gasteiger partial charge >= 0.3 is 6.09 Å². The van der Waals surface area contributed by atoms with Crippen LogP contribution in [0.4, 0.5) is 4.79 Å². The predicted molar refractivity (Wildman–Crippen MR) is 63.6 cm³/mol. The highest BCUT2D eigenvalue weighted by Gasteiger charge is 2.31. The number of ether oxygens (including phenoxy) is 2. The van der Waals surface area contributed by atoms with Crippen LogP contribution >= 0.6 is 0 Å². The lowest BCUT2D eigenvalue weighted by molar-refractivity contribution is -0.0329. The number of rotatable bonds is 2. The van der Waals surface area contributed by atoms with E-state index >= 15 is 0 Å². The summed E-state index contributed by atoms with van der Waals surface area (Å²) in [4.78, 5) is 17.0. The van der Waals surface area contributed by atoms with E-state index in [0.717, 1.165) is 0 Å². The number of amides is 1. The smallest absolute Gasteiger partial charge is 0.410 e. The lowest BCUT2D eigenvalue weighted by atomic mass is 10.1. The average Bonchev–Trinajstić information content (AvgIpc) is 2.24. The molecule has 96 valence electrons. The molecular formula is C12H20N2O3. The van der Waals surface area contributed by atoms with Gasteiger partial charge in [0, 0.05) is 13.0 Å². The first-order valence-corrected chi connectivity index (χ1v) is 5.84. The van der Waals surface area contributed by atoms with Crippen molar-refractivity contribution in [1.29, 1.82) is 0 Å². The van der Waals surface area contributed by atoms with E-state index in [-0.39, 0.29) is 12.1 Å². The molecular weight excluding hydrogens is 220 g/mol. The fraction of sp³-hybridized carbons (Fsp3) is 0.833. The highest BCUT2D eigenvalue weighted by Crippen LogP contribution is 2.16. The molecule has 0 spiro atoms. The number of morpholine rings is 1. The van der Waals surface area contributed by atoms with E-state index in [1.165, 1.54) is 0 Å². The molecule has 0 radical (unpaired) electrons. The first-order chi connectivity index (χ1) is 7.94. The number of carbonyl (C=O) groups excluding carboxylic acids is 1. The van der Waals surface area contributed by atoms with Crippen molar-refractivity contribution >= 4 is 6.09 Å². The zero-order chi connectivity index (χ0) is 12.9. The van der Waals surface area contributed by atoms with Gasteiger partial charge in [0.25, 0.3) is 0 Å². The minimum atomic E-state index is -0.486. The average molecular weight is 240 g/mol. The molecule has 0 aliphatic carbocycles. The van der Waals surface area contributed by atoms with Crippen LogP contribution in [0.5, 0.6) is 0 Å². The molecule has 1 atom stereocenters. The van der Waals surface area contributed by atoms with Gasteiger partial charge in [-0.1, -0.05) is 0 Å². The third kappa shape index (κ3) is 4.61. The van der Waals surface area contributed by atoms with E-state index in [1.807, 2.05) is 20.8 Å². The topological polar surface area (TPSA) is 43.1 Å². The molecule has 1 fully saturated rings. The quantitative estimate of drug-likeness (QED) is 0.693. The summed E-state index contributed by atoms with van der Waals surface area (Å²) in [6.45, 7) is 14.3. The Morgan fingerprint density at radius 1 is 1.59 bits per heavy atom. The van der Waals surface area contributed by atoms with E-state index in [0.29, 0.717) is 32.7 Å². The molecule has 1 amide bonds. The van der Waals surface area contributed by atoms with Crippen molar-refractivity contribution < 1.29 is 14.3 Å². The first kappa shape index (κ1) is 13.8. The van der Waals surface area contributed by atoms with Crippen LogP contribution in [0.1, 0.15) is 27.2 Å². The normalized spacial score (nSPS) is 20.8. The molecule has 1 aliphatic rings. The van der Waals surface area contributed by atoms with Crippen LogP contribution in [0, 0.1) is 6.57 Å². The van der Waals surface area contributed by atoms with Crippen LogP contribution in [0.15, 0.2) is 0 Å². The Kier molecular flexibility index (Phi) is 4.76. The highest BCUT2D eigenvalue weighted by molar-refractivity contribution is 5.68. The zero-order valence-electron chi connectivity index (χ0n) is 10.7. The van der Waals surface area contributed by atoms with Crippen molar-refractivity contribution in [2.75, 3.05) is 26.3 Å². The molecule has 1 unspecified atom stereocenters. The molecule has 5 heteroatoms. The molecule has 1 saturated heterocycles. The van der Waals surface area contributed by atoms with Gasteiger partial charge in [0.15, 0.2) is 0 Å². The lowest BCUT2D eigenvalue weighted by Crippen LogP contribution is -2.50. The summed E-state index contributed by atoms with van der Waals surface area (Å²) in [6.07, 6.45) is 0.332. The predicted octanol–water partition coefficient (Wildman–Crippen LogP) is 1.93. The number of nitrogens with zero attached hydrogens (tertiary/aromatic N) is 2. The molecule has 1 aliphatic heterocycles. The van der Waals surface area contributed by atoms with Crippen LogP contribution in [-0.2, 0) is 9.47 Å². The number of hydrogen-bond acceptors (Lipinski definition) is 3. The van der Waals surface area contributed by atoms with Crippen LogP contribution in [0.2, 0.25) is 0 Å². The van der Waals surface area contributed by atoms with Gasteiger partial charge in [0.05, 0.1) is 19.3 Å². The number of hydrogen-bond donors (Lipinski definition) is 0. The molecule has 17 heavy (non-hydrogen) atoms. The second-order valence-electron chi connectivity index (χ2n) is 5.07. The lowest BCUT2D eigenvalue weighted by Gasteiger charge is -2.35. The van der Waals surface area contributed by atoms with Crippen molar-refractivity contribution in [3.05, 3.63) is 11.4 Å². The molecule has 0 N–H and O–H groups in total. The molecule has 1 heterocycles. The van der Waals surface area contributed by atoms with Gasteiger partial charge in [0.2, 0.25) is 6.54 Å². The molecule has 0 aromatic heterocycles. The molecule has 1 rings (SSSR count). The summed E-state index contributed by atoms with van der Waals surface area (Å²) >= 11 is 0. The van der Waals surface area contributed by atoms with E-state index in [9.17, 15) is 4.79 Å². The first-order valence-electron chi connectivity index (χ1n) is 5.84. The summed E-state index contributed by atoms with van der Waals surface area (Å²) in [5, 5.41) is 0. The molecule has 5 nitrogen and oxygen atoms in total. The van der Waals surface area contributed by atoms with Gasteiger partial charge in [-0.05, 0) is 20.8 Å². The third-order valence-corrected chi connectivity index (χ3v) is 2.43. The van der Waals surface area contributed by atoms with Crippen molar-refractivity contribution in [3.8, 4) is 0 Å². The zero-order valence-corrected chi connectivity index (χ0v) is 10.7. The minimum absolute atomic E-state index is 0.0345. The Morgan fingerprint density at radius 2 is 2.29 bits per heavy atom. The Hall–Kier alpha value is -1.28. The van der Waals surface area contributed by atoms with Gasteiger partial charge < -0.3 is 19.2 Å².